The lowest BCUT2D eigenvalue weighted by atomic mass is 9.99. The van der Waals surface area contributed by atoms with Gasteiger partial charge in [0.15, 0.2) is 7.11 Å². The van der Waals surface area contributed by atoms with Gasteiger partial charge in [0.1, 0.15) is 0 Å². The minimum atomic E-state index is -0.271. The van der Waals surface area contributed by atoms with Crippen LogP contribution in [0.25, 0.3) is 22.2 Å². The molecule has 0 bridgehead atoms. The number of nitrogens with zero attached hydrogens (tertiary/aromatic N) is 1. The molecule has 1 aliphatic heterocycles. The molecule has 0 aliphatic carbocycles. The molecular formula is C21H20N3O5+. The highest BCUT2D eigenvalue weighted by Crippen LogP contribution is 2.39. The van der Waals surface area contributed by atoms with E-state index in [1.807, 2.05) is 18.2 Å². The number of aromatic nitrogens is 1. The van der Waals surface area contributed by atoms with Gasteiger partial charge in [-0.05, 0) is 35.7 Å². The fourth-order valence-corrected chi connectivity index (χ4v) is 3.63. The van der Waals surface area contributed by atoms with Crippen molar-refractivity contribution in [3.8, 4) is 11.3 Å². The summed E-state index contributed by atoms with van der Waals surface area (Å²) in [6, 6.07) is 10.9. The number of amides is 1. The predicted molar refractivity (Wildman–Crippen MR) is 107 cm³/mol. The number of aromatic amines is 1. The Morgan fingerprint density at radius 3 is 2.76 bits per heavy atom. The summed E-state index contributed by atoms with van der Waals surface area (Å²) >= 11 is 0. The van der Waals surface area contributed by atoms with E-state index in [0.29, 0.717) is 22.7 Å². The number of H-pyrrole nitrogens is 1. The van der Waals surface area contributed by atoms with Crippen LogP contribution in [-0.2, 0) is 32.0 Å². The number of nitrogens with one attached hydrogen (secondary N) is 2. The summed E-state index contributed by atoms with van der Waals surface area (Å²) in [6.07, 6.45) is 0.990. The van der Waals surface area contributed by atoms with Crippen LogP contribution in [-0.4, -0.2) is 36.0 Å². The maximum Gasteiger partial charge on any atom is 0.317 e. The van der Waals surface area contributed by atoms with E-state index in [4.69, 9.17) is 9.57 Å². The molecule has 0 saturated heterocycles. The third-order valence-electron chi connectivity index (χ3n) is 5.08. The maximum atomic E-state index is 12.5. The molecule has 3 aromatic rings. The van der Waals surface area contributed by atoms with Gasteiger partial charge in [-0.3, -0.25) is 9.59 Å². The van der Waals surface area contributed by atoms with Gasteiger partial charge in [-0.2, -0.15) is 0 Å². The fraction of sp³-hybridized carbons (Fsp3) is 0.238. The van der Waals surface area contributed by atoms with Crippen molar-refractivity contribution in [1.82, 2.24) is 4.98 Å². The quantitative estimate of drug-likeness (QED) is 0.510. The van der Waals surface area contributed by atoms with Crippen molar-refractivity contribution in [3.05, 3.63) is 52.4 Å². The van der Waals surface area contributed by atoms with E-state index < -0.39 is 0 Å². The number of rotatable bonds is 5. The summed E-state index contributed by atoms with van der Waals surface area (Å²) in [5, 5.41) is 3.71. The Morgan fingerprint density at radius 2 is 2.00 bits per heavy atom. The van der Waals surface area contributed by atoms with Crippen LogP contribution in [0.1, 0.15) is 17.5 Å². The van der Waals surface area contributed by atoms with Crippen LogP contribution in [0, 0.1) is 4.91 Å². The first kappa shape index (κ1) is 18.7. The zero-order chi connectivity index (χ0) is 20.5. The molecule has 0 saturated carbocycles. The summed E-state index contributed by atoms with van der Waals surface area (Å²) in [4.78, 5) is 44.3. The van der Waals surface area contributed by atoms with E-state index in [1.165, 1.54) is 14.2 Å². The van der Waals surface area contributed by atoms with Crippen LogP contribution in [0.5, 0.6) is 0 Å². The molecule has 1 aliphatic rings. The van der Waals surface area contributed by atoms with Gasteiger partial charge in [0.05, 0.1) is 29.8 Å². The Balaban J connectivity index is 1.83. The lowest BCUT2D eigenvalue weighted by Crippen LogP contribution is -2.12. The normalized spacial score (nSPS) is 12.6. The van der Waals surface area contributed by atoms with E-state index in [0.717, 1.165) is 33.3 Å². The third-order valence-corrected chi connectivity index (χ3v) is 5.08. The molecule has 2 N–H and O–H groups in total. The summed E-state index contributed by atoms with van der Waals surface area (Å²) in [5.41, 5.74) is 5.30. The second kappa shape index (κ2) is 7.38. The largest absolute Gasteiger partial charge is 0.469 e. The Kier molecular flexibility index (Phi) is 4.75. The molecule has 0 fully saturated rings. The van der Waals surface area contributed by atoms with Crippen molar-refractivity contribution >= 4 is 34.2 Å². The van der Waals surface area contributed by atoms with Crippen molar-refractivity contribution in [2.24, 2.45) is 0 Å². The van der Waals surface area contributed by atoms with Crippen LogP contribution in [0.3, 0.4) is 0 Å². The Labute approximate surface area is 166 Å². The zero-order valence-corrected chi connectivity index (χ0v) is 16.1. The molecule has 1 amide bonds. The summed E-state index contributed by atoms with van der Waals surface area (Å²) < 4.78 is 4.71. The first-order chi connectivity index (χ1) is 14.0. The standard InChI is InChI=1S/C21H19N3O5/c1-28-20(26)8-4-12-3-6-18-16(9-12)21-15(11-19(25)22-18)14-10-13(24(27)29-2)5-7-17(14)23-21/h3,5-7,9-10H,4,8,11H2,1-2H3,(H-,22,23,25,27)/p+1. The number of carbonyl (C=O) groups excluding carboxylic acids is 2. The highest BCUT2D eigenvalue weighted by molar-refractivity contribution is 6.05. The minimum Gasteiger partial charge on any atom is -0.469 e. The monoisotopic (exact) mass is 394 g/mol. The molecule has 29 heavy (non-hydrogen) atoms. The topological polar surface area (TPSA) is 100 Å². The molecule has 4 rings (SSSR count). The molecule has 0 unspecified atom stereocenters. The maximum absolute atomic E-state index is 12.5. The van der Waals surface area contributed by atoms with Crippen molar-refractivity contribution in [2.45, 2.75) is 19.3 Å². The van der Waals surface area contributed by atoms with Crippen LogP contribution in [0.2, 0.25) is 0 Å². The SMILES string of the molecule is COC(=O)CCc1ccc2c(c1)-c1[nH]c3ccc([N+](=O)OC)cc3c1CC(=O)N2. The van der Waals surface area contributed by atoms with Crippen molar-refractivity contribution in [3.63, 3.8) is 0 Å². The molecule has 2 aromatic carbocycles. The molecule has 1 aromatic heterocycles. The van der Waals surface area contributed by atoms with Crippen molar-refractivity contribution < 1.29 is 24.1 Å². The van der Waals surface area contributed by atoms with Gasteiger partial charge >= 0.3 is 11.7 Å². The average Bonchev–Trinajstić information content (AvgIpc) is 3.02. The molecule has 0 atom stereocenters. The number of carbonyl (C=O) groups is 2. The molecule has 2 heterocycles. The fourth-order valence-electron chi connectivity index (χ4n) is 3.63. The summed E-state index contributed by atoms with van der Waals surface area (Å²) in [6.45, 7) is 0. The van der Waals surface area contributed by atoms with Crippen molar-refractivity contribution in [1.29, 1.82) is 0 Å². The van der Waals surface area contributed by atoms with Crippen LogP contribution < -0.4 is 5.32 Å². The van der Waals surface area contributed by atoms with Crippen LogP contribution >= 0.6 is 0 Å². The highest BCUT2D eigenvalue weighted by Gasteiger charge is 2.25. The third kappa shape index (κ3) is 3.44. The molecule has 148 valence electrons. The summed E-state index contributed by atoms with van der Waals surface area (Å²) in [7, 11) is 2.67. The Hall–Kier alpha value is -3.68. The number of benzene rings is 2. The van der Waals surface area contributed by atoms with E-state index in [2.05, 4.69) is 10.3 Å². The molecule has 8 nitrogen and oxygen atoms in total. The molecule has 0 radical (unpaired) electrons. The van der Waals surface area contributed by atoms with Gasteiger partial charge < -0.3 is 15.0 Å². The minimum absolute atomic E-state index is 0.135. The Bertz CT molecular complexity index is 1150. The van der Waals surface area contributed by atoms with Crippen LogP contribution in [0.4, 0.5) is 11.4 Å². The number of hydrogen-bond acceptors (Lipinski definition) is 5. The van der Waals surface area contributed by atoms with Gasteiger partial charge in [0.25, 0.3) is 4.92 Å². The van der Waals surface area contributed by atoms with Gasteiger partial charge in [0, 0.05) is 35.0 Å². The van der Waals surface area contributed by atoms with E-state index >= 15 is 0 Å². The number of ether oxygens (including phenoxy) is 1. The lowest BCUT2D eigenvalue weighted by molar-refractivity contribution is -0.736. The molecular weight excluding hydrogens is 374 g/mol. The first-order valence-corrected chi connectivity index (χ1v) is 9.16. The average molecular weight is 394 g/mol. The number of anilines is 1. The second-order valence-electron chi connectivity index (χ2n) is 6.83. The number of aryl methyl sites for hydroxylation is 1. The van der Waals surface area contributed by atoms with E-state index in [9.17, 15) is 14.5 Å². The van der Waals surface area contributed by atoms with Gasteiger partial charge in [-0.1, -0.05) is 6.07 Å². The number of fused-ring (bicyclic) bond motifs is 5. The van der Waals surface area contributed by atoms with Crippen LogP contribution in [0.15, 0.2) is 36.4 Å². The van der Waals surface area contributed by atoms with Gasteiger partial charge in [-0.25, -0.2) is 4.84 Å². The highest BCUT2D eigenvalue weighted by atomic mass is 16.8. The predicted octanol–water partition coefficient (Wildman–Crippen LogP) is 3.41. The first-order valence-electron chi connectivity index (χ1n) is 9.16. The number of hydrogen-bond donors (Lipinski definition) is 2. The number of methoxy groups -OCH3 is 1. The van der Waals surface area contributed by atoms with E-state index in [-0.39, 0.29) is 24.7 Å². The van der Waals surface area contributed by atoms with E-state index in [1.54, 1.807) is 18.2 Å². The molecule has 0 spiro atoms. The smallest absolute Gasteiger partial charge is 0.317 e. The summed E-state index contributed by atoms with van der Waals surface area (Å²) in [5.74, 6) is -0.406. The molecule has 8 heteroatoms. The lowest BCUT2D eigenvalue weighted by Gasteiger charge is -2.10. The Morgan fingerprint density at radius 1 is 1.17 bits per heavy atom. The van der Waals surface area contributed by atoms with Crippen molar-refractivity contribution in [2.75, 3.05) is 19.5 Å². The zero-order valence-electron chi connectivity index (χ0n) is 16.1. The van der Waals surface area contributed by atoms with Gasteiger partial charge in [0.2, 0.25) is 5.91 Å². The van der Waals surface area contributed by atoms with Gasteiger partial charge in [-0.15, -0.1) is 0 Å². The second-order valence-corrected chi connectivity index (χ2v) is 6.83. The number of esters is 1.